The summed E-state index contributed by atoms with van der Waals surface area (Å²) >= 11 is 0. The molecule has 0 radical (unpaired) electrons. The lowest BCUT2D eigenvalue weighted by molar-refractivity contribution is -0.120. The van der Waals surface area contributed by atoms with E-state index in [1.807, 2.05) is 0 Å². The van der Waals surface area contributed by atoms with Crippen LogP contribution in [0.4, 0.5) is 14.5 Å². The predicted molar refractivity (Wildman–Crippen MR) is 67.3 cm³/mol. The molecule has 19 heavy (non-hydrogen) atoms. The smallest absolute Gasteiger partial charge is 0.387 e. The maximum Gasteiger partial charge on any atom is 0.387 e. The maximum atomic E-state index is 12.2. The van der Waals surface area contributed by atoms with Crippen molar-refractivity contribution in [2.45, 2.75) is 19.5 Å². The topological polar surface area (TPSA) is 50.4 Å². The quantitative estimate of drug-likeness (QED) is 0.882. The van der Waals surface area contributed by atoms with Gasteiger partial charge >= 0.3 is 6.61 Å². The predicted octanol–water partition coefficient (Wildman–Crippen LogP) is 2.23. The van der Waals surface area contributed by atoms with Gasteiger partial charge in [-0.25, -0.2) is 0 Å². The minimum Gasteiger partial charge on any atom is -0.433 e. The van der Waals surface area contributed by atoms with Gasteiger partial charge in [0.25, 0.3) is 0 Å². The van der Waals surface area contributed by atoms with Crippen LogP contribution in [0.15, 0.2) is 24.3 Å². The van der Waals surface area contributed by atoms with Gasteiger partial charge in [0.15, 0.2) is 0 Å². The van der Waals surface area contributed by atoms with E-state index < -0.39 is 6.61 Å². The molecule has 1 aromatic rings. The van der Waals surface area contributed by atoms with Crippen LogP contribution in [0.1, 0.15) is 12.8 Å². The number of halogens is 2. The number of hydrogen-bond donors (Lipinski definition) is 2. The van der Waals surface area contributed by atoms with Gasteiger partial charge in [0.2, 0.25) is 5.91 Å². The number of amides is 1. The summed E-state index contributed by atoms with van der Waals surface area (Å²) in [6.45, 7) is -1.38. The van der Waals surface area contributed by atoms with Gasteiger partial charge in [-0.05, 0) is 31.5 Å². The second kappa shape index (κ2) is 6.47. The zero-order valence-electron chi connectivity index (χ0n) is 10.4. The zero-order valence-corrected chi connectivity index (χ0v) is 10.4. The minimum absolute atomic E-state index is 0.0189. The van der Waals surface area contributed by atoms with E-state index >= 15 is 0 Å². The number of alkyl halides is 2. The number of nitrogens with one attached hydrogen (secondary N) is 2. The van der Waals surface area contributed by atoms with Crippen LogP contribution in [-0.2, 0) is 4.79 Å². The normalized spacial score (nSPS) is 19.2. The van der Waals surface area contributed by atoms with Crippen molar-refractivity contribution < 1.29 is 18.3 Å². The molecule has 1 amide bonds. The van der Waals surface area contributed by atoms with E-state index in [1.54, 1.807) is 18.2 Å². The Labute approximate surface area is 110 Å². The molecule has 0 saturated carbocycles. The number of rotatable bonds is 4. The summed E-state index contributed by atoms with van der Waals surface area (Å²) in [5, 5.41) is 5.78. The van der Waals surface area contributed by atoms with E-state index in [1.165, 1.54) is 6.07 Å². The van der Waals surface area contributed by atoms with Gasteiger partial charge in [-0.1, -0.05) is 12.1 Å². The van der Waals surface area contributed by atoms with E-state index in [0.717, 1.165) is 19.4 Å². The molecule has 1 heterocycles. The van der Waals surface area contributed by atoms with Gasteiger partial charge in [0.05, 0.1) is 11.6 Å². The van der Waals surface area contributed by atoms with Crippen LogP contribution in [-0.4, -0.2) is 25.6 Å². The fourth-order valence-electron chi connectivity index (χ4n) is 2.08. The van der Waals surface area contributed by atoms with Gasteiger partial charge in [-0.3, -0.25) is 4.79 Å². The Hall–Kier alpha value is -1.69. The first-order valence-corrected chi connectivity index (χ1v) is 6.22. The molecule has 6 heteroatoms. The molecule has 1 aliphatic rings. The highest BCUT2D eigenvalue weighted by Crippen LogP contribution is 2.26. The molecular formula is C13H16F2N2O2. The summed E-state index contributed by atoms with van der Waals surface area (Å²) in [5.41, 5.74) is 0.276. The van der Waals surface area contributed by atoms with Crippen LogP contribution in [0, 0.1) is 5.92 Å². The maximum absolute atomic E-state index is 12.2. The number of piperidine rings is 1. The summed E-state index contributed by atoms with van der Waals surface area (Å²) in [6.07, 6.45) is 1.74. The summed E-state index contributed by atoms with van der Waals surface area (Å²) < 4.78 is 28.9. The molecular weight excluding hydrogens is 254 g/mol. The van der Waals surface area contributed by atoms with E-state index in [4.69, 9.17) is 0 Å². The lowest BCUT2D eigenvalue weighted by Gasteiger charge is -2.22. The van der Waals surface area contributed by atoms with Crippen LogP contribution in [0.5, 0.6) is 5.75 Å². The third-order valence-electron chi connectivity index (χ3n) is 3.03. The first-order valence-electron chi connectivity index (χ1n) is 6.22. The van der Waals surface area contributed by atoms with Crippen molar-refractivity contribution in [3.8, 4) is 5.75 Å². The Balaban J connectivity index is 2.03. The molecule has 1 aromatic carbocycles. The van der Waals surface area contributed by atoms with E-state index in [0.29, 0.717) is 6.54 Å². The van der Waals surface area contributed by atoms with Crippen molar-refractivity contribution in [2.24, 2.45) is 5.92 Å². The summed E-state index contributed by atoms with van der Waals surface area (Å²) in [4.78, 5) is 12.0. The number of para-hydroxylation sites is 2. The average Bonchev–Trinajstić information content (AvgIpc) is 2.41. The zero-order chi connectivity index (χ0) is 13.7. The molecule has 0 aromatic heterocycles. The van der Waals surface area contributed by atoms with Crippen molar-refractivity contribution in [1.29, 1.82) is 0 Å². The molecule has 1 atom stereocenters. The van der Waals surface area contributed by atoms with Crippen molar-refractivity contribution in [2.75, 3.05) is 18.4 Å². The number of carbonyl (C=O) groups excluding carboxylic acids is 1. The molecule has 2 N–H and O–H groups in total. The van der Waals surface area contributed by atoms with E-state index in [9.17, 15) is 13.6 Å². The van der Waals surface area contributed by atoms with Crippen molar-refractivity contribution in [3.63, 3.8) is 0 Å². The van der Waals surface area contributed by atoms with Crippen molar-refractivity contribution in [3.05, 3.63) is 24.3 Å². The highest BCUT2D eigenvalue weighted by molar-refractivity contribution is 5.94. The summed E-state index contributed by atoms with van der Waals surface area (Å²) in [7, 11) is 0. The fraction of sp³-hybridized carbons (Fsp3) is 0.462. The monoisotopic (exact) mass is 270 g/mol. The number of hydrogen-bond acceptors (Lipinski definition) is 3. The van der Waals surface area contributed by atoms with Gasteiger partial charge in [0, 0.05) is 6.54 Å². The molecule has 0 aliphatic carbocycles. The van der Waals surface area contributed by atoms with Gasteiger partial charge < -0.3 is 15.4 Å². The van der Waals surface area contributed by atoms with E-state index in [-0.39, 0.29) is 23.3 Å². The van der Waals surface area contributed by atoms with Gasteiger partial charge in [-0.15, -0.1) is 0 Å². The summed E-state index contributed by atoms with van der Waals surface area (Å²) in [5.74, 6) is -0.319. The number of ether oxygens (including phenoxy) is 1. The van der Waals surface area contributed by atoms with Crippen LogP contribution in [0.2, 0.25) is 0 Å². The third kappa shape index (κ3) is 3.89. The minimum atomic E-state index is -2.91. The van der Waals surface area contributed by atoms with E-state index in [2.05, 4.69) is 15.4 Å². The second-order valence-corrected chi connectivity index (χ2v) is 4.41. The van der Waals surface area contributed by atoms with Crippen molar-refractivity contribution >= 4 is 11.6 Å². The molecule has 0 bridgehead atoms. The van der Waals surface area contributed by atoms with Crippen LogP contribution < -0.4 is 15.4 Å². The van der Waals surface area contributed by atoms with Crippen LogP contribution in [0.25, 0.3) is 0 Å². The fourth-order valence-corrected chi connectivity index (χ4v) is 2.08. The largest absolute Gasteiger partial charge is 0.433 e. The molecule has 2 rings (SSSR count). The first kappa shape index (κ1) is 13.7. The first-order chi connectivity index (χ1) is 9.16. The standard InChI is InChI=1S/C13H16F2N2O2/c14-13(15)19-11-6-2-1-5-10(11)17-12(18)9-4-3-7-16-8-9/h1-2,5-6,9,13,16H,3-4,7-8H2,(H,17,18)/t9-/m1/s1. The molecule has 0 spiro atoms. The van der Waals surface area contributed by atoms with Crippen LogP contribution >= 0.6 is 0 Å². The highest BCUT2D eigenvalue weighted by atomic mass is 19.3. The Kier molecular flexibility index (Phi) is 4.68. The molecule has 0 unspecified atom stereocenters. The Morgan fingerprint density at radius 3 is 2.89 bits per heavy atom. The lowest BCUT2D eigenvalue weighted by atomic mass is 9.99. The molecule has 4 nitrogen and oxygen atoms in total. The number of carbonyl (C=O) groups is 1. The Bertz CT molecular complexity index is 434. The molecule has 104 valence electrons. The number of anilines is 1. The summed E-state index contributed by atoms with van der Waals surface area (Å²) in [6, 6.07) is 6.19. The Morgan fingerprint density at radius 1 is 1.42 bits per heavy atom. The molecule has 1 aliphatic heterocycles. The Morgan fingerprint density at radius 2 is 2.21 bits per heavy atom. The molecule has 1 saturated heterocycles. The average molecular weight is 270 g/mol. The van der Waals surface area contributed by atoms with Gasteiger partial charge in [0.1, 0.15) is 5.75 Å². The SMILES string of the molecule is O=C(Nc1ccccc1OC(F)F)[C@@H]1CCCNC1. The second-order valence-electron chi connectivity index (χ2n) is 4.41. The third-order valence-corrected chi connectivity index (χ3v) is 3.03. The lowest BCUT2D eigenvalue weighted by Crippen LogP contribution is -2.37. The molecule has 1 fully saturated rings. The highest BCUT2D eigenvalue weighted by Gasteiger charge is 2.22. The van der Waals surface area contributed by atoms with Crippen molar-refractivity contribution in [1.82, 2.24) is 5.32 Å². The number of benzene rings is 1. The van der Waals surface area contributed by atoms with Gasteiger partial charge in [-0.2, -0.15) is 8.78 Å². The van der Waals surface area contributed by atoms with Crippen LogP contribution in [0.3, 0.4) is 0 Å².